The van der Waals surface area contributed by atoms with Gasteiger partial charge in [-0.25, -0.2) is 0 Å². The molecule has 0 fully saturated rings. The van der Waals surface area contributed by atoms with Gasteiger partial charge in [0.25, 0.3) is 0 Å². The Hall–Kier alpha value is -14.3. The Balaban J connectivity index is 0.0000000873. The van der Waals surface area contributed by atoms with E-state index in [4.69, 9.17) is 0 Å². The van der Waals surface area contributed by atoms with Crippen molar-refractivity contribution in [3.05, 3.63) is 425 Å². The van der Waals surface area contributed by atoms with Crippen molar-refractivity contribution in [1.29, 1.82) is 0 Å². The molecule has 25 rings (SSSR count). The zero-order valence-electron chi connectivity index (χ0n) is 60.4. The highest BCUT2D eigenvalue weighted by molar-refractivity contribution is 6.23. The Morgan fingerprint density at radius 2 is 0.164 bits per heavy atom. The fourth-order valence-electron chi connectivity index (χ4n) is 17.6. The van der Waals surface area contributed by atoms with E-state index in [1.807, 2.05) is 0 Å². The van der Waals surface area contributed by atoms with Crippen molar-refractivity contribution in [3.8, 4) is 0 Å². The van der Waals surface area contributed by atoms with Gasteiger partial charge in [0.15, 0.2) is 0 Å². The van der Waals surface area contributed by atoms with Crippen LogP contribution in [0.3, 0.4) is 0 Å². The number of fused-ring (bicyclic) bond motifs is 30. The minimum absolute atomic E-state index is 1.30. The molecule has 0 saturated carbocycles. The fraction of sp³-hybridized carbons (Fsp3) is 0. The van der Waals surface area contributed by atoms with E-state index in [-0.39, 0.29) is 0 Å². The van der Waals surface area contributed by atoms with Gasteiger partial charge in [0.05, 0.1) is 0 Å². The Morgan fingerprint density at radius 1 is 0.0636 bits per heavy atom. The highest BCUT2D eigenvalue weighted by atomic mass is 14.2. The maximum absolute atomic E-state index is 2.36. The lowest BCUT2D eigenvalue weighted by atomic mass is 9.95. The molecule has 0 N–H and O–H groups in total. The van der Waals surface area contributed by atoms with E-state index in [0.717, 1.165) is 0 Å². The lowest BCUT2D eigenvalue weighted by Crippen LogP contribution is -1.81. The standard InChI is InChI=1S/5C22H14/c2*1-3-7-19-15(5-1)9-11-17-14-22-18(13-21(17)19)12-10-16-6-2-4-8-20(16)22;3*1-3-7-19-15(5-1)9-11-17-13-18-12-10-16-6-2-4-8-20(16)22(18)14-21(17)19/h5*1-14H. The molecule has 0 nitrogen and oxygen atoms in total. The van der Waals surface area contributed by atoms with Gasteiger partial charge >= 0.3 is 0 Å². The highest BCUT2D eigenvalue weighted by Gasteiger charge is 2.12. The molecule has 0 amide bonds. The average Bonchev–Trinajstić information content (AvgIpc) is 0.776. The first-order chi connectivity index (χ1) is 54.5. The molecule has 0 spiro atoms. The molecule has 0 unspecified atom stereocenters. The Labute approximate surface area is 635 Å². The summed E-state index contributed by atoms with van der Waals surface area (Å²) in [6.45, 7) is 0. The van der Waals surface area contributed by atoms with Crippen molar-refractivity contribution in [3.63, 3.8) is 0 Å². The molecule has 0 aromatic heterocycles. The van der Waals surface area contributed by atoms with Crippen molar-refractivity contribution in [2.45, 2.75) is 0 Å². The second-order valence-electron chi connectivity index (χ2n) is 29.3. The van der Waals surface area contributed by atoms with E-state index in [9.17, 15) is 0 Å². The van der Waals surface area contributed by atoms with Gasteiger partial charge in [-0.3, -0.25) is 0 Å². The second kappa shape index (κ2) is 26.9. The van der Waals surface area contributed by atoms with Gasteiger partial charge in [0.1, 0.15) is 0 Å². The molecule has 0 aliphatic heterocycles. The zero-order valence-corrected chi connectivity index (χ0v) is 60.4. The van der Waals surface area contributed by atoms with Crippen molar-refractivity contribution in [2.24, 2.45) is 0 Å². The lowest BCUT2D eigenvalue weighted by molar-refractivity contribution is 1.78. The SMILES string of the molecule is c1ccc2c(c1)ccc1cc3c(ccc4ccccc43)cc12.c1ccc2c(c1)ccc1cc3c(ccc4ccccc43)cc12.c1ccc2c(c1)ccc1cc3ccc4ccccc4c3cc12.c1ccc2c(c1)ccc1cc3ccc4ccccc4c3cc12.c1ccc2c(c1)ccc1cc3ccc4ccccc4c3cc12. The molecule has 0 aliphatic rings. The van der Waals surface area contributed by atoms with Crippen LogP contribution in [0.4, 0.5) is 0 Å². The van der Waals surface area contributed by atoms with Gasteiger partial charge in [0.2, 0.25) is 0 Å². The first-order valence-corrected chi connectivity index (χ1v) is 38.2. The molecule has 0 heteroatoms. The van der Waals surface area contributed by atoms with Crippen LogP contribution in [0.15, 0.2) is 425 Å². The van der Waals surface area contributed by atoms with Crippen molar-refractivity contribution >= 4 is 215 Å². The summed E-state index contributed by atoms with van der Waals surface area (Å²) in [5.74, 6) is 0. The van der Waals surface area contributed by atoms with Gasteiger partial charge < -0.3 is 0 Å². The fourth-order valence-corrected chi connectivity index (χ4v) is 17.6. The van der Waals surface area contributed by atoms with Crippen LogP contribution in [-0.4, -0.2) is 0 Å². The monoisotopic (exact) mass is 1390 g/mol. The summed E-state index contributed by atoms with van der Waals surface area (Å²) in [7, 11) is 0. The minimum Gasteiger partial charge on any atom is -0.0616 e. The second-order valence-corrected chi connectivity index (χ2v) is 29.3. The summed E-state index contributed by atoms with van der Waals surface area (Å²) in [5, 5.41) is 52.7. The van der Waals surface area contributed by atoms with Crippen molar-refractivity contribution in [2.75, 3.05) is 0 Å². The molecular formula is C110H70. The molecule has 25 aromatic carbocycles. The van der Waals surface area contributed by atoms with E-state index in [2.05, 4.69) is 425 Å². The number of hydrogen-bond donors (Lipinski definition) is 0. The molecule has 25 aromatic rings. The largest absolute Gasteiger partial charge is 0.0616 e. The molecule has 0 aliphatic carbocycles. The van der Waals surface area contributed by atoms with Crippen LogP contribution in [0.1, 0.15) is 0 Å². The Kier molecular flexibility index (Phi) is 15.7. The van der Waals surface area contributed by atoms with Gasteiger partial charge in [-0.2, -0.15) is 0 Å². The van der Waals surface area contributed by atoms with Crippen molar-refractivity contribution < 1.29 is 0 Å². The predicted molar refractivity (Wildman–Crippen MR) is 482 cm³/mol. The number of hydrogen-bond acceptors (Lipinski definition) is 0. The third kappa shape index (κ3) is 11.4. The molecule has 510 valence electrons. The first-order valence-electron chi connectivity index (χ1n) is 38.2. The van der Waals surface area contributed by atoms with Gasteiger partial charge in [0, 0.05) is 0 Å². The van der Waals surface area contributed by atoms with Gasteiger partial charge in [-0.15, -0.1) is 0 Å². The summed E-state index contributed by atoms with van der Waals surface area (Å²) in [4.78, 5) is 0. The Bertz CT molecular complexity index is 6940. The minimum atomic E-state index is 1.30. The smallest absolute Gasteiger partial charge is 0.00988 e. The normalized spacial score (nSPS) is 11.6. The molecule has 110 heavy (non-hydrogen) atoms. The average molecular weight is 1390 g/mol. The summed E-state index contributed by atoms with van der Waals surface area (Å²) >= 11 is 0. The summed E-state index contributed by atoms with van der Waals surface area (Å²) < 4.78 is 0. The topological polar surface area (TPSA) is 0 Å². The zero-order chi connectivity index (χ0) is 72.6. The van der Waals surface area contributed by atoms with Crippen LogP contribution in [0, 0.1) is 0 Å². The van der Waals surface area contributed by atoms with E-state index >= 15 is 0 Å². The molecule has 0 saturated heterocycles. The Morgan fingerprint density at radius 3 is 0.300 bits per heavy atom. The molecule has 0 bridgehead atoms. The summed E-state index contributed by atoms with van der Waals surface area (Å²) in [5.41, 5.74) is 0. The van der Waals surface area contributed by atoms with Gasteiger partial charge in [-0.05, 0) is 276 Å². The maximum Gasteiger partial charge on any atom is -0.00988 e. The van der Waals surface area contributed by atoms with Crippen LogP contribution >= 0.6 is 0 Å². The highest BCUT2D eigenvalue weighted by Crippen LogP contribution is 2.40. The number of rotatable bonds is 0. The van der Waals surface area contributed by atoms with E-state index < -0.39 is 0 Å². The predicted octanol–water partition coefficient (Wildman–Crippen LogP) is 31.5. The molecule has 0 heterocycles. The number of benzene rings is 25. The molecule has 0 atom stereocenters. The molecule has 0 radical (unpaired) electrons. The van der Waals surface area contributed by atoms with Crippen molar-refractivity contribution in [1.82, 2.24) is 0 Å². The third-order valence-electron chi connectivity index (χ3n) is 23.0. The van der Waals surface area contributed by atoms with E-state index in [1.165, 1.54) is 215 Å². The van der Waals surface area contributed by atoms with E-state index in [1.54, 1.807) is 0 Å². The molecular weight excluding hydrogens is 1320 g/mol. The maximum atomic E-state index is 2.36. The van der Waals surface area contributed by atoms with Crippen LogP contribution in [0.5, 0.6) is 0 Å². The van der Waals surface area contributed by atoms with E-state index in [0.29, 0.717) is 0 Å². The third-order valence-corrected chi connectivity index (χ3v) is 23.0. The quantitative estimate of drug-likeness (QED) is 0.105. The van der Waals surface area contributed by atoms with Crippen LogP contribution < -0.4 is 0 Å². The van der Waals surface area contributed by atoms with Crippen LogP contribution in [-0.2, 0) is 0 Å². The lowest BCUT2D eigenvalue weighted by Gasteiger charge is -2.08. The van der Waals surface area contributed by atoms with Crippen LogP contribution in [0.2, 0.25) is 0 Å². The summed E-state index contributed by atoms with van der Waals surface area (Å²) in [6.07, 6.45) is 0. The first kappa shape index (κ1) is 64.1. The summed E-state index contributed by atoms with van der Waals surface area (Å²) in [6, 6.07) is 154. The van der Waals surface area contributed by atoms with Crippen LogP contribution in [0.25, 0.3) is 215 Å². The van der Waals surface area contributed by atoms with Gasteiger partial charge in [-0.1, -0.05) is 364 Å².